The molecule has 0 unspecified atom stereocenters. The molecule has 0 bridgehead atoms. The maximum atomic E-state index is 12.4. The largest absolute Gasteiger partial charge is 0.340 e. The molecule has 0 saturated carbocycles. The van der Waals surface area contributed by atoms with Crippen molar-refractivity contribution in [3.8, 4) is 11.4 Å². The number of amides is 1. The second-order valence-electron chi connectivity index (χ2n) is 5.86. The third kappa shape index (κ3) is 4.30. The third-order valence-electron chi connectivity index (χ3n) is 3.81. The van der Waals surface area contributed by atoms with Gasteiger partial charge in [-0.15, -0.1) is 10.2 Å². The van der Waals surface area contributed by atoms with E-state index in [1.54, 1.807) is 11.9 Å². The first-order valence-electron chi connectivity index (χ1n) is 7.85. The van der Waals surface area contributed by atoms with Crippen LogP contribution in [-0.4, -0.2) is 38.1 Å². The number of hydrogen-bond donors (Lipinski definition) is 0. The number of benzene rings is 2. The molecule has 128 valence electrons. The number of hydrogen-bond acceptors (Lipinski definition) is 4. The van der Waals surface area contributed by atoms with Crippen molar-refractivity contribution in [2.45, 2.75) is 20.0 Å². The topological polar surface area (TPSA) is 63.9 Å². The zero-order valence-corrected chi connectivity index (χ0v) is 15.6. The zero-order valence-electron chi connectivity index (χ0n) is 14.1. The van der Waals surface area contributed by atoms with Crippen LogP contribution in [0.5, 0.6) is 0 Å². The fraction of sp³-hybridized carbons (Fsp3) is 0.222. The van der Waals surface area contributed by atoms with E-state index in [-0.39, 0.29) is 12.5 Å². The Morgan fingerprint density at radius 1 is 1.16 bits per heavy atom. The van der Waals surface area contributed by atoms with Crippen LogP contribution in [0.4, 0.5) is 0 Å². The van der Waals surface area contributed by atoms with Gasteiger partial charge < -0.3 is 4.90 Å². The number of nitrogens with zero attached hydrogens (tertiary/aromatic N) is 5. The van der Waals surface area contributed by atoms with Crippen LogP contribution in [0.1, 0.15) is 11.1 Å². The van der Waals surface area contributed by atoms with Crippen LogP contribution < -0.4 is 0 Å². The number of aromatic nitrogens is 4. The molecule has 0 spiro atoms. The molecule has 0 fully saturated rings. The molecule has 0 aliphatic carbocycles. The maximum Gasteiger partial charge on any atom is 0.246 e. The molecule has 0 aliphatic rings. The highest BCUT2D eigenvalue weighted by Crippen LogP contribution is 2.24. The first-order valence-corrected chi connectivity index (χ1v) is 8.64. The van der Waals surface area contributed by atoms with E-state index in [1.165, 1.54) is 10.4 Å². The van der Waals surface area contributed by atoms with Gasteiger partial charge in [0, 0.05) is 23.6 Å². The SMILES string of the molecule is Cc1ccc(CN(C)C(=O)Cn2nnc(-c3ccccc3Br)n2)cc1. The van der Waals surface area contributed by atoms with E-state index in [9.17, 15) is 4.79 Å². The van der Waals surface area contributed by atoms with Crippen LogP contribution in [0.2, 0.25) is 0 Å². The Hall–Kier alpha value is -2.54. The van der Waals surface area contributed by atoms with Crippen LogP contribution in [-0.2, 0) is 17.9 Å². The lowest BCUT2D eigenvalue weighted by molar-refractivity contribution is -0.131. The molecule has 25 heavy (non-hydrogen) atoms. The number of aryl methyl sites for hydroxylation is 1. The van der Waals surface area contributed by atoms with Crippen molar-refractivity contribution in [1.82, 2.24) is 25.1 Å². The van der Waals surface area contributed by atoms with Crippen molar-refractivity contribution >= 4 is 21.8 Å². The minimum Gasteiger partial charge on any atom is -0.340 e. The molecule has 0 N–H and O–H groups in total. The van der Waals surface area contributed by atoms with Crippen molar-refractivity contribution in [3.63, 3.8) is 0 Å². The summed E-state index contributed by atoms with van der Waals surface area (Å²) in [5.74, 6) is 0.415. The summed E-state index contributed by atoms with van der Waals surface area (Å²) in [7, 11) is 1.77. The average Bonchev–Trinajstić information content (AvgIpc) is 3.05. The minimum atomic E-state index is -0.0725. The fourth-order valence-corrected chi connectivity index (χ4v) is 2.82. The second kappa shape index (κ2) is 7.57. The molecular formula is C18H18BrN5O. The second-order valence-corrected chi connectivity index (χ2v) is 6.71. The monoisotopic (exact) mass is 399 g/mol. The summed E-state index contributed by atoms with van der Waals surface area (Å²) in [5.41, 5.74) is 3.13. The van der Waals surface area contributed by atoms with Crippen LogP contribution in [0.3, 0.4) is 0 Å². The molecule has 1 amide bonds. The number of rotatable bonds is 5. The van der Waals surface area contributed by atoms with Gasteiger partial charge in [-0.1, -0.05) is 57.9 Å². The van der Waals surface area contributed by atoms with Crippen molar-refractivity contribution in [3.05, 3.63) is 64.1 Å². The van der Waals surface area contributed by atoms with E-state index < -0.39 is 0 Å². The van der Waals surface area contributed by atoms with Crippen molar-refractivity contribution in [2.75, 3.05) is 7.05 Å². The zero-order chi connectivity index (χ0) is 17.8. The average molecular weight is 400 g/mol. The predicted octanol–water partition coefficient (Wildman–Crippen LogP) is 3.07. The van der Waals surface area contributed by atoms with Gasteiger partial charge in [0.15, 0.2) is 0 Å². The summed E-state index contributed by atoms with van der Waals surface area (Å²) < 4.78 is 0.886. The first-order chi connectivity index (χ1) is 12.0. The van der Waals surface area contributed by atoms with Crippen molar-refractivity contribution in [1.29, 1.82) is 0 Å². The van der Waals surface area contributed by atoms with Gasteiger partial charge in [-0.25, -0.2) is 0 Å². The highest BCUT2D eigenvalue weighted by atomic mass is 79.9. The van der Waals surface area contributed by atoms with Gasteiger partial charge in [-0.3, -0.25) is 4.79 Å². The molecule has 3 rings (SSSR count). The molecule has 0 atom stereocenters. The Labute approximate surface area is 154 Å². The number of carbonyl (C=O) groups is 1. The Morgan fingerprint density at radius 2 is 1.88 bits per heavy atom. The van der Waals surface area contributed by atoms with Crippen LogP contribution >= 0.6 is 15.9 Å². The summed E-state index contributed by atoms with van der Waals surface area (Å²) >= 11 is 3.47. The molecule has 0 radical (unpaired) electrons. The summed E-state index contributed by atoms with van der Waals surface area (Å²) in [6.45, 7) is 2.64. The van der Waals surface area contributed by atoms with E-state index in [0.717, 1.165) is 15.6 Å². The minimum absolute atomic E-state index is 0.0554. The highest BCUT2D eigenvalue weighted by molar-refractivity contribution is 9.10. The Bertz CT molecular complexity index is 875. The summed E-state index contributed by atoms with van der Waals surface area (Å²) in [6.07, 6.45) is 0. The normalized spacial score (nSPS) is 10.7. The molecule has 7 heteroatoms. The van der Waals surface area contributed by atoms with Gasteiger partial charge in [0.05, 0.1) is 0 Å². The smallest absolute Gasteiger partial charge is 0.246 e. The Morgan fingerprint density at radius 3 is 2.60 bits per heavy atom. The lowest BCUT2D eigenvalue weighted by Crippen LogP contribution is -2.30. The van der Waals surface area contributed by atoms with E-state index in [4.69, 9.17) is 0 Å². The summed E-state index contributed by atoms with van der Waals surface area (Å²) in [6, 6.07) is 15.8. The van der Waals surface area contributed by atoms with Crippen molar-refractivity contribution < 1.29 is 4.79 Å². The van der Waals surface area contributed by atoms with E-state index in [2.05, 4.69) is 31.3 Å². The quantitative estimate of drug-likeness (QED) is 0.661. The Kier molecular flexibility index (Phi) is 5.23. The maximum absolute atomic E-state index is 12.4. The van der Waals surface area contributed by atoms with Crippen molar-refractivity contribution in [2.24, 2.45) is 0 Å². The third-order valence-corrected chi connectivity index (χ3v) is 4.50. The first kappa shape index (κ1) is 17.3. The molecule has 1 aromatic heterocycles. The molecular weight excluding hydrogens is 382 g/mol. The molecule has 0 aliphatic heterocycles. The summed E-state index contributed by atoms with van der Waals surface area (Å²) in [4.78, 5) is 15.4. The molecule has 6 nitrogen and oxygen atoms in total. The van der Waals surface area contributed by atoms with Crippen LogP contribution in [0.25, 0.3) is 11.4 Å². The summed E-state index contributed by atoms with van der Waals surface area (Å²) in [5, 5.41) is 12.3. The van der Waals surface area contributed by atoms with Crippen LogP contribution in [0.15, 0.2) is 53.0 Å². The van der Waals surface area contributed by atoms with Gasteiger partial charge >= 0.3 is 0 Å². The standard InChI is InChI=1S/C18H18BrN5O/c1-13-7-9-14(10-8-13)11-23(2)17(25)12-24-21-18(20-22-24)15-5-3-4-6-16(15)19/h3-10H,11-12H2,1-2H3. The van der Waals surface area contributed by atoms with Gasteiger partial charge in [0.1, 0.15) is 6.54 Å². The van der Waals surface area contributed by atoms with Crippen LogP contribution in [0, 0.1) is 6.92 Å². The van der Waals surface area contributed by atoms with Gasteiger partial charge in [0.2, 0.25) is 11.7 Å². The molecule has 2 aromatic carbocycles. The number of carbonyl (C=O) groups excluding carboxylic acids is 1. The van der Waals surface area contributed by atoms with E-state index >= 15 is 0 Å². The van der Waals surface area contributed by atoms with E-state index in [1.807, 2.05) is 55.5 Å². The molecule has 3 aromatic rings. The Balaban J connectivity index is 1.65. The fourth-order valence-electron chi connectivity index (χ4n) is 2.36. The lowest BCUT2D eigenvalue weighted by Gasteiger charge is -2.16. The van der Waals surface area contributed by atoms with Gasteiger partial charge in [-0.2, -0.15) is 4.80 Å². The number of halogens is 1. The van der Waals surface area contributed by atoms with Gasteiger partial charge in [0.25, 0.3) is 0 Å². The molecule has 0 saturated heterocycles. The molecule has 1 heterocycles. The highest BCUT2D eigenvalue weighted by Gasteiger charge is 2.14. The van der Waals surface area contributed by atoms with E-state index in [0.29, 0.717) is 12.4 Å². The van der Waals surface area contributed by atoms with Gasteiger partial charge in [-0.05, 0) is 29.8 Å². The lowest BCUT2D eigenvalue weighted by atomic mass is 10.1. The number of tetrazole rings is 1. The predicted molar refractivity (Wildman–Crippen MR) is 98.6 cm³/mol. The number of likely N-dealkylation sites (N-methyl/N-ethyl adjacent to an activating group) is 1.